The monoisotopic (exact) mass is 394 g/mol. The van der Waals surface area contributed by atoms with E-state index in [1.807, 2.05) is 11.0 Å². The molecule has 1 saturated heterocycles. The van der Waals surface area contributed by atoms with Crippen molar-refractivity contribution in [1.29, 1.82) is 0 Å². The molecule has 3 heterocycles. The van der Waals surface area contributed by atoms with E-state index < -0.39 is 5.91 Å². The third kappa shape index (κ3) is 3.72. The summed E-state index contributed by atoms with van der Waals surface area (Å²) in [6.45, 7) is 2.80. The van der Waals surface area contributed by atoms with E-state index in [4.69, 9.17) is 0 Å². The molecule has 0 saturated carbocycles. The number of nitrogens with zero attached hydrogens (tertiary/aromatic N) is 3. The van der Waals surface area contributed by atoms with Gasteiger partial charge in [-0.15, -0.1) is 0 Å². The number of carbonyl (C=O) groups excluding carboxylic acids is 2. The van der Waals surface area contributed by atoms with Gasteiger partial charge in [0.1, 0.15) is 5.82 Å². The van der Waals surface area contributed by atoms with Crippen LogP contribution in [0, 0.1) is 5.82 Å². The molecule has 3 aromatic rings. The van der Waals surface area contributed by atoms with Crippen molar-refractivity contribution in [1.82, 2.24) is 14.3 Å². The average Bonchev–Trinajstić information content (AvgIpc) is 3.14. The van der Waals surface area contributed by atoms with Crippen molar-refractivity contribution in [2.24, 2.45) is 0 Å². The first kappa shape index (κ1) is 19.1. The van der Waals surface area contributed by atoms with E-state index in [1.54, 1.807) is 22.7 Å². The Morgan fingerprint density at radius 2 is 1.97 bits per heavy atom. The summed E-state index contributed by atoms with van der Waals surface area (Å²) in [5.41, 5.74) is 1.34. The molecular formula is C22H23FN4O2. The van der Waals surface area contributed by atoms with Crippen molar-refractivity contribution in [3.8, 4) is 0 Å². The number of aromatic nitrogens is 2. The van der Waals surface area contributed by atoms with E-state index in [1.165, 1.54) is 24.3 Å². The third-order valence-electron chi connectivity index (χ3n) is 5.42. The zero-order valence-electron chi connectivity index (χ0n) is 16.3. The molecule has 0 radical (unpaired) electrons. The van der Waals surface area contributed by atoms with Crippen molar-refractivity contribution < 1.29 is 14.0 Å². The second-order valence-electron chi connectivity index (χ2n) is 7.26. The number of imidazole rings is 1. The number of hydrogen-bond acceptors (Lipinski definition) is 3. The quantitative estimate of drug-likeness (QED) is 0.724. The average molecular weight is 394 g/mol. The third-order valence-corrected chi connectivity index (χ3v) is 5.42. The zero-order chi connectivity index (χ0) is 20.4. The number of hydrogen-bond donors (Lipinski definition) is 1. The van der Waals surface area contributed by atoms with Crippen LogP contribution in [0.1, 0.15) is 53.7 Å². The molecule has 1 atom stereocenters. The van der Waals surface area contributed by atoms with E-state index in [-0.39, 0.29) is 29.3 Å². The van der Waals surface area contributed by atoms with Crippen LogP contribution in [0.5, 0.6) is 0 Å². The molecule has 29 heavy (non-hydrogen) atoms. The van der Waals surface area contributed by atoms with Crippen LogP contribution in [-0.2, 0) is 0 Å². The number of nitrogens with one attached hydrogen (secondary N) is 1. The standard InChI is InChI=1S/C22H23FN4O2/c1-2-17-7-3-5-13-26(17)22(29)19-18-8-4-6-14-27(18)20(25-19)21(28)24-16-11-9-15(23)10-12-16/h4,6,8-12,14,17H,2-3,5,7,13H2,1H3,(H,24,28). The minimum absolute atomic E-state index is 0.123. The maximum absolute atomic E-state index is 13.3. The van der Waals surface area contributed by atoms with E-state index in [0.29, 0.717) is 17.7 Å². The van der Waals surface area contributed by atoms with Gasteiger partial charge in [0, 0.05) is 24.5 Å². The topological polar surface area (TPSA) is 66.7 Å². The Kier molecular flexibility index (Phi) is 5.29. The lowest BCUT2D eigenvalue weighted by atomic mass is 9.99. The zero-order valence-corrected chi connectivity index (χ0v) is 16.3. The number of carbonyl (C=O) groups is 2. The molecule has 7 heteroatoms. The summed E-state index contributed by atoms with van der Waals surface area (Å²) in [6, 6.07) is 11.1. The molecule has 0 spiro atoms. The van der Waals surface area contributed by atoms with Crippen LogP contribution in [0.25, 0.3) is 5.52 Å². The van der Waals surface area contributed by atoms with Gasteiger partial charge in [0.25, 0.3) is 11.8 Å². The fourth-order valence-corrected chi connectivity index (χ4v) is 3.90. The molecule has 1 aromatic carbocycles. The molecule has 0 bridgehead atoms. The molecule has 1 fully saturated rings. The SMILES string of the molecule is CCC1CCCCN1C(=O)c1nc(C(=O)Nc2ccc(F)cc2)n2ccccc12. The number of amides is 2. The van der Waals surface area contributed by atoms with Crippen LogP contribution in [-0.4, -0.2) is 38.7 Å². The predicted octanol–water partition coefficient (Wildman–Crippen LogP) is 4.13. The lowest BCUT2D eigenvalue weighted by molar-refractivity contribution is 0.0604. The number of benzene rings is 1. The van der Waals surface area contributed by atoms with Gasteiger partial charge in [0.15, 0.2) is 5.69 Å². The van der Waals surface area contributed by atoms with Gasteiger partial charge < -0.3 is 10.2 Å². The molecule has 4 rings (SSSR count). The first-order valence-corrected chi connectivity index (χ1v) is 9.93. The molecule has 1 N–H and O–H groups in total. The van der Waals surface area contributed by atoms with Crippen LogP contribution >= 0.6 is 0 Å². The van der Waals surface area contributed by atoms with Crippen LogP contribution in [0.4, 0.5) is 10.1 Å². The van der Waals surface area contributed by atoms with Crippen molar-refractivity contribution in [3.05, 3.63) is 66.0 Å². The maximum atomic E-state index is 13.3. The van der Waals surface area contributed by atoms with Gasteiger partial charge in [-0.25, -0.2) is 9.37 Å². The Bertz CT molecular complexity index is 1040. The summed E-state index contributed by atoms with van der Waals surface area (Å²) in [6.07, 6.45) is 5.71. The van der Waals surface area contributed by atoms with Gasteiger partial charge in [0.05, 0.1) is 5.52 Å². The van der Waals surface area contributed by atoms with Crippen molar-refractivity contribution in [2.75, 3.05) is 11.9 Å². The number of anilines is 1. The van der Waals surface area contributed by atoms with Crippen LogP contribution in [0.2, 0.25) is 0 Å². The lowest BCUT2D eigenvalue weighted by Crippen LogP contribution is -2.43. The first-order valence-electron chi connectivity index (χ1n) is 9.93. The summed E-state index contributed by atoms with van der Waals surface area (Å²) < 4.78 is 14.7. The number of pyridine rings is 1. The molecule has 6 nitrogen and oxygen atoms in total. The van der Waals surface area contributed by atoms with Crippen molar-refractivity contribution >= 4 is 23.0 Å². The number of fused-ring (bicyclic) bond motifs is 1. The Labute approximate surface area is 168 Å². The first-order chi connectivity index (χ1) is 14.1. The van der Waals surface area contributed by atoms with E-state index >= 15 is 0 Å². The molecule has 150 valence electrons. The Morgan fingerprint density at radius 3 is 2.72 bits per heavy atom. The van der Waals surface area contributed by atoms with Crippen LogP contribution < -0.4 is 5.32 Å². The van der Waals surface area contributed by atoms with Gasteiger partial charge in [0.2, 0.25) is 5.82 Å². The molecule has 2 amide bonds. The van der Waals surface area contributed by atoms with Crippen molar-refractivity contribution in [3.63, 3.8) is 0 Å². The summed E-state index contributed by atoms with van der Waals surface area (Å²) in [5.74, 6) is -0.851. The predicted molar refractivity (Wildman–Crippen MR) is 109 cm³/mol. The molecule has 1 unspecified atom stereocenters. The van der Waals surface area contributed by atoms with Crippen LogP contribution in [0.3, 0.4) is 0 Å². The molecule has 2 aromatic heterocycles. The van der Waals surface area contributed by atoms with Gasteiger partial charge in [-0.2, -0.15) is 0 Å². The summed E-state index contributed by atoms with van der Waals surface area (Å²) in [7, 11) is 0. The molecule has 1 aliphatic heterocycles. The van der Waals surface area contributed by atoms with E-state index in [0.717, 1.165) is 25.7 Å². The van der Waals surface area contributed by atoms with Gasteiger partial charge >= 0.3 is 0 Å². The summed E-state index contributed by atoms with van der Waals surface area (Å²) in [4.78, 5) is 32.4. The minimum Gasteiger partial charge on any atom is -0.334 e. The van der Waals surface area contributed by atoms with Gasteiger partial charge in [-0.05, 0) is 62.1 Å². The van der Waals surface area contributed by atoms with Gasteiger partial charge in [-0.1, -0.05) is 13.0 Å². The summed E-state index contributed by atoms with van der Waals surface area (Å²) >= 11 is 0. The molecule has 0 aliphatic carbocycles. The van der Waals surface area contributed by atoms with Crippen molar-refractivity contribution in [2.45, 2.75) is 38.6 Å². The van der Waals surface area contributed by atoms with Gasteiger partial charge in [-0.3, -0.25) is 14.0 Å². The second-order valence-corrected chi connectivity index (χ2v) is 7.26. The lowest BCUT2D eigenvalue weighted by Gasteiger charge is -2.34. The fourth-order valence-electron chi connectivity index (χ4n) is 3.90. The number of likely N-dealkylation sites (tertiary alicyclic amines) is 1. The van der Waals surface area contributed by atoms with E-state index in [9.17, 15) is 14.0 Å². The number of halogens is 1. The minimum atomic E-state index is -0.456. The summed E-state index contributed by atoms with van der Waals surface area (Å²) in [5, 5.41) is 2.72. The fraction of sp³-hybridized carbons (Fsp3) is 0.318. The Hall–Kier alpha value is -3.22. The second kappa shape index (κ2) is 8.03. The molecule has 1 aliphatic rings. The Balaban J connectivity index is 1.68. The normalized spacial score (nSPS) is 16.8. The highest BCUT2D eigenvalue weighted by Gasteiger charge is 2.30. The number of rotatable bonds is 4. The van der Waals surface area contributed by atoms with Crippen LogP contribution in [0.15, 0.2) is 48.7 Å². The Morgan fingerprint density at radius 1 is 1.17 bits per heavy atom. The highest BCUT2D eigenvalue weighted by molar-refractivity contribution is 6.06. The molecular weight excluding hydrogens is 371 g/mol. The highest BCUT2D eigenvalue weighted by atomic mass is 19.1. The highest BCUT2D eigenvalue weighted by Crippen LogP contribution is 2.24. The maximum Gasteiger partial charge on any atom is 0.292 e. The smallest absolute Gasteiger partial charge is 0.292 e. The number of piperidine rings is 1. The largest absolute Gasteiger partial charge is 0.334 e. The van der Waals surface area contributed by atoms with E-state index in [2.05, 4.69) is 17.2 Å².